The average molecular weight is 384 g/mol. The summed E-state index contributed by atoms with van der Waals surface area (Å²) in [6, 6.07) is 16.0. The first-order chi connectivity index (χ1) is 12.5. The van der Waals surface area contributed by atoms with Gasteiger partial charge in [0.05, 0.1) is 16.5 Å². The minimum atomic E-state index is -0.602. The van der Waals surface area contributed by atoms with Crippen LogP contribution < -0.4 is 10.2 Å². The molecule has 26 heavy (non-hydrogen) atoms. The van der Waals surface area contributed by atoms with Crippen LogP contribution in [0.3, 0.4) is 0 Å². The highest BCUT2D eigenvalue weighted by atomic mass is 35.5. The van der Waals surface area contributed by atoms with E-state index in [2.05, 4.69) is 5.32 Å². The van der Waals surface area contributed by atoms with Gasteiger partial charge in [-0.1, -0.05) is 53.2 Å². The van der Waals surface area contributed by atoms with Crippen LogP contribution in [0, 0.1) is 18.3 Å². The zero-order valence-electron chi connectivity index (χ0n) is 13.8. The van der Waals surface area contributed by atoms with E-state index in [1.165, 1.54) is 16.7 Å². The number of anilines is 2. The summed E-state index contributed by atoms with van der Waals surface area (Å²) >= 11 is 7.23. The van der Waals surface area contributed by atoms with Crippen LogP contribution in [0.4, 0.5) is 11.4 Å². The Morgan fingerprint density at radius 1 is 1.23 bits per heavy atom. The molecule has 1 fully saturated rings. The Labute approximate surface area is 160 Å². The molecule has 1 saturated heterocycles. The standard InChI is InChI=1S/C19H14ClN3O2S/c1-12-6-8-13(9-7-12)23-17(24)11-26-19(23)14(10-21)18(25)22-16-5-3-2-4-15(16)20/h2-9H,11H2,1H3,(H,22,25)/b19-14+. The Morgan fingerprint density at radius 2 is 1.92 bits per heavy atom. The van der Waals surface area contributed by atoms with Crippen molar-refractivity contribution in [2.24, 2.45) is 0 Å². The molecule has 0 radical (unpaired) electrons. The molecule has 2 amide bonds. The number of nitriles is 1. The lowest BCUT2D eigenvalue weighted by atomic mass is 10.2. The summed E-state index contributed by atoms with van der Waals surface area (Å²) in [6.45, 7) is 1.94. The third-order valence-corrected chi connectivity index (χ3v) is 5.13. The van der Waals surface area contributed by atoms with Crippen molar-refractivity contribution in [3.05, 3.63) is 69.7 Å². The van der Waals surface area contributed by atoms with E-state index in [0.717, 1.165) is 5.56 Å². The van der Waals surface area contributed by atoms with Gasteiger partial charge in [-0.15, -0.1) is 0 Å². The maximum absolute atomic E-state index is 12.6. The van der Waals surface area contributed by atoms with Gasteiger partial charge in [0.2, 0.25) is 5.91 Å². The monoisotopic (exact) mass is 383 g/mol. The van der Waals surface area contributed by atoms with Crippen molar-refractivity contribution in [3.8, 4) is 6.07 Å². The molecule has 130 valence electrons. The van der Waals surface area contributed by atoms with Gasteiger partial charge in [-0.05, 0) is 31.2 Å². The number of nitrogens with zero attached hydrogens (tertiary/aromatic N) is 2. The van der Waals surface area contributed by atoms with E-state index in [9.17, 15) is 14.9 Å². The zero-order chi connectivity index (χ0) is 18.7. The summed E-state index contributed by atoms with van der Waals surface area (Å²) in [7, 11) is 0. The number of rotatable bonds is 3. The zero-order valence-corrected chi connectivity index (χ0v) is 15.4. The quantitative estimate of drug-likeness (QED) is 0.639. The van der Waals surface area contributed by atoms with Crippen LogP contribution in [-0.2, 0) is 9.59 Å². The van der Waals surface area contributed by atoms with Crippen molar-refractivity contribution in [2.45, 2.75) is 6.92 Å². The molecule has 1 aliphatic rings. The highest BCUT2D eigenvalue weighted by Gasteiger charge is 2.33. The number of aryl methyl sites for hydroxylation is 1. The van der Waals surface area contributed by atoms with Gasteiger partial charge >= 0.3 is 0 Å². The van der Waals surface area contributed by atoms with E-state index in [-0.39, 0.29) is 17.2 Å². The van der Waals surface area contributed by atoms with Crippen LogP contribution in [-0.4, -0.2) is 17.6 Å². The number of para-hydroxylation sites is 1. The fraction of sp³-hybridized carbons (Fsp3) is 0.105. The van der Waals surface area contributed by atoms with Crippen molar-refractivity contribution in [3.63, 3.8) is 0 Å². The van der Waals surface area contributed by atoms with Crippen molar-refractivity contribution >= 4 is 46.6 Å². The molecule has 7 heteroatoms. The third-order valence-electron chi connectivity index (χ3n) is 3.75. The van der Waals surface area contributed by atoms with Gasteiger partial charge < -0.3 is 5.32 Å². The molecular weight excluding hydrogens is 370 g/mol. The van der Waals surface area contributed by atoms with Crippen molar-refractivity contribution in [1.82, 2.24) is 0 Å². The molecule has 0 bridgehead atoms. The lowest BCUT2D eigenvalue weighted by molar-refractivity contribution is -0.115. The Kier molecular flexibility index (Phi) is 5.31. The third kappa shape index (κ3) is 3.59. The molecule has 0 spiro atoms. The second-order valence-electron chi connectivity index (χ2n) is 5.58. The predicted molar refractivity (Wildman–Crippen MR) is 104 cm³/mol. The van der Waals surface area contributed by atoms with Gasteiger partial charge in [-0.25, -0.2) is 0 Å². The molecule has 2 aromatic rings. The van der Waals surface area contributed by atoms with E-state index >= 15 is 0 Å². The number of benzene rings is 2. The lowest BCUT2D eigenvalue weighted by Gasteiger charge is -2.18. The van der Waals surface area contributed by atoms with Crippen LogP contribution in [0.2, 0.25) is 5.02 Å². The molecule has 1 aliphatic heterocycles. The van der Waals surface area contributed by atoms with Gasteiger partial charge in [0.15, 0.2) is 0 Å². The SMILES string of the molecule is Cc1ccc(N2C(=O)CS/C2=C(\C#N)C(=O)Nc2ccccc2Cl)cc1. The number of nitrogens with one attached hydrogen (secondary N) is 1. The predicted octanol–water partition coefficient (Wildman–Crippen LogP) is 4.10. The van der Waals surface area contributed by atoms with E-state index in [0.29, 0.717) is 21.4 Å². The minimum Gasteiger partial charge on any atom is -0.320 e. The first-order valence-electron chi connectivity index (χ1n) is 7.74. The molecular formula is C19H14ClN3O2S. The van der Waals surface area contributed by atoms with Crippen LogP contribution in [0.15, 0.2) is 59.1 Å². The van der Waals surface area contributed by atoms with Crippen LogP contribution in [0.1, 0.15) is 5.56 Å². The summed E-state index contributed by atoms with van der Waals surface area (Å²) < 4.78 is 0. The van der Waals surface area contributed by atoms with Gasteiger partial charge in [-0.2, -0.15) is 5.26 Å². The number of amides is 2. The summed E-state index contributed by atoms with van der Waals surface area (Å²) in [5.41, 5.74) is 1.96. The summed E-state index contributed by atoms with van der Waals surface area (Å²) in [5.74, 6) is -0.602. The molecule has 1 N–H and O–H groups in total. The molecule has 0 aliphatic carbocycles. The van der Waals surface area contributed by atoms with Crippen molar-refractivity contribution < 1.29 is 9.59 Å². The molecule has 0 unspecified atom stereocenters. The van der Waals surface area contributed by atoms with Gasteiger partial charge in [0, 0.05) is 5.69 Å². The Bertz CT molecular complexity index is 948. The fourth-order valence-electron chi connectivity index (χ4n) is 2.45. The molecule has 0 aromatic heterocycles. The number of thioether (sulfide) groups is 1. The average Bonchev–Trinajstić information content (AvgIpc) is 3.00. The normalized spacial score (nSPS) is 15.6. The summed E-state index contributed by atoms with van der Waals surface area (Å²) in [6.07, 6.45) is 0. The van der Waals surface area contributed by atoms with Crippen molar-refractivity contribution in [1.29, 1.82) is 5.26 Å². The minimum absolute atomic E-state index is 0.124. The first kappa shape index (κ1) is 18.1. The number of hydrogen-bond donors (Lipinski definition) is 1. The molecule has 0 atom stereocenters. The largest absolute Gasteiger partial charge is 0.320 e. The summed E-state index contributed by atoms with van der Waals surface area (Å²) in [5, 5.41) is 12.9. The topological polar surface area (TPSA) is 73.2 Å². The van der Waals surface area contributed by atoms with Crippen LogP contribution in [0.5, 0.6) is 0 Å². The van der Waals surface area contributed by atoms with E-state index in [1.807, 2.05) is 25.1 Å². The Hall–Kier alpha value is -2.75. The van der Waals surface area contributed by atoms with Gasteiger partial charge in [0.25, 0.3) is 5.91 Å². The number of halogens is 1. The van der Waals surface area contributed by atoms with Gasteiger partial charge in [0.1, 0.15) is 16.7 Å². The van der Waals surface area contributed by atoms with E-state index < -0.39 is 5.91 Å². The Balaban J connectivity index is 1.97. The highest BCUT2D eigenvalue weighted by molar-refractivity contribution is 8.04. The first-order valence-corrected chi connectivity index (χ1v) is 9.10. The van der Waals surface area contributed by atoms with Crippen molar-refractivity contribution in [2.75, 3.05) is 16.0 Å². The molecule has 2 aromatic carbocycles. The Morgan fingerprint density at radius 3 is 2.58 bits per heavy atom. The second-order valence-corrected chi connectivity index (χ2v) is 6.95. The maximum atomic E-state index is 12.6. The number of carbonyl (C=O) groups excluding carboxylic acids is 2. The fourth-order valence-corrected chi connectivity index (χ4v) is 3.65. The maximum Gasteiger partial charge on any atom is 0.269 e. The molecule has 5 nitrogen and oxygen atoms in total. The van der Waals surface area contributed by atoms with Gasteiger partial charge in [-0.3, -0.25) is 14.5 Å². The highest BCUT2D eigenvalue weighted by Crippen LogP contribution is 2.36. The number of carbonyl (C=O) groups is 2. The van der Waals surface area contributed by atoms with E-state index in [1.54, 1.807) is 36.4 Å². The van der Waals surface area contributed by atoms with E-state index in [4.69, 9.17) is 11.6 Å². The smallest absolute Gasteiger partial charge is 0.269 e. The second kappa shape index (κ2) is 7.65. The molecule has 1 heterocycles. The van der Waals surface area contributed by atoms with Crippen LogP contribution >= 0.6 is 23.4 Å². The molecule has 0 saturated carbocycles. The number of hydrogen-bond acceptors (Lipinski definition) is 4. The molecule has 3 rings (SSSR count). The lowest BCUT2D eigenvalue weighted by Crippen LogP contribution is -2.26. The summed E-state index contributed by atoms with van der Waals surface area (Å²) in [4.78, 5) is 26.4. The van der Waals surface area contributed by atoms with Crippen LogP contribution in [0.25, 0.3) is 0 Å².